The molecule has 0 atom stereocenters. The molecule has 0 amide bonds. The summed E-state index contributed by atoms with van der Waals surface area (Å²) in [6, 6.07) is 7.52. The van der Waals surface area contributed by atoms with Crippen molar-refractivity contribution < 1.29 is 9.84 Å². The van der Waals surface area contributed by atoms with Crippen molar-refractivity contribution >= 4 is 11.6 Å². The van der Waals surface area contributed by atoms with Gasteiger partial charge in [-0.15, -0.1) is 0 Å². The molecule has 1 N–H and O–H groups in total. The maximum absolute atomic E-state index is 8.92. The van der Waals surface area contributed by atoms with Crippen LogP contribution in [-0.2, 0) is 0 Å². The second-order valence-corrected chi connectivity index (χ2v) is 5.51. The Labute approximate surface area is 113 Å². The molecule has 0 unspecified atom stereocenters. The molecule has 1 aromatic carbocycles. The van der Waals surface area contributed by atoms with Gasteiger partial charge in [-0.3, -0.25) is 0 Å². The number of benzene rings is 1. The zero-order valence-corrected chi connectivity index (χ0v) is 11.5. The van der Waals surface area contributed by atoms with Crippen molar-refractivity contribution in [2.45, 2.75) is 25.4 Å². The van der Waals surface area contributed by atoms with Crippen LogP contribution in [0.4, 0.5) is 0 Å². The van der Waals surface area contributed by atoms with E-state index in [1.165, 1.54) is 0 Å². The van der Waals surface area contributed by atoms with E-state index in [-0.39, 0.29) is 12.2 Å². The van der Waals surface area contributed by atoms with Gasteiger partial charge in [0.05, 0.1) is 6.61 Å². The van der Waals surface area contributed by atoms with E-state index in [1.807, 2.05) is 24.3 Å². The van der Waals surface area contributed by atoms with Gasteiger partial charge in [0.2, 0.25) is 0 Å². The molecular weight excluding hydrogens is 250 g/mol. The van der Waals surface area contributed by atoms with Gasteiger partial charge in [0.1, 0.15) is 11.4 Å². The van der Waals surface area contributed by atoms with E-state index < -0.39 is 0 Å². The van der Waals surface area contributed by atoms with Crippen molar-refractivity contribution in [1.29, 1.82) is 0 Å². The fourth-order valence-corrected chi connectivity index (χ4v) is 2.41. The van der Waals surface area contributed by atoms with Gasteiger partial charge in [-0.2, -0.15) is 0 Å². The predicted molar refractivity (Wildman–Crippen MR) is 73.2 cm³/mol. The molecule has 1 fully saturated rings. The van der Waals surface area contributed by atoms with Gasteiger partial charge in [0.15, 0.2) is 0 Å². The maximum Gasteiger partial charge on any atom is 0.120 e. The minimum atomic E-state index is -0.111. The van der Waals surface area contributed by atoms with Gasteiger partial charge >= 0.3 is 0 Å². The second-order valence-electron chi connectivity index (χ2n) is 5.07. The molecule has 0 saturated carbocycles. The van der Waals surface area contributed by atoms with E-state index in [4.69, 9.17) is 21.4 Å². The van der Waals surface area contributed by atoms with E-state index in [1.54, 1.807) is 0 Å². The highest BCUT2D eigenvalue weighted by Crippen LogP contribution is 2.28. The van der Waals surface area contributed by atoms with Crippen molar-refractivity contribution in [2.24, 2.45) is 0 Å². The molecular formula is C14H20ClNO2. The summed E-state index contributed by atoms with van der Waals surface area (Å²) in [6.45, 7) is 5.10. The van der Waals surface area contributed by atoms with Crippen LogP contribution < -0.4 is 4.74 Å². The van der Waals surface area contributed by atoms with E-state index in [9.17, 15) is 0 Å². The lowest BCUT2D eigenvalue weighted by molar-refractivity contribution is 0.0126. The first-order valence-electron chi connectivity index (χ1n) is 6.39. The number of hydrogen-bond acceptors (Lipinski definition) is 3. The van der Waals surface area contributed by atoms with Gasteiger partial charge in [-0.1, -0.05) is 11.6 Å². The third-order valence-corrected chi connectivity index (χ3v) is 3.76. The van der Waals surface area contributed by atoms with Gasteiger partial charge in [0.25, 0.3) is 0 Å². The number of piperidine rings is 1. The standard InChI is InChI=1S/C14H20ClNO2/c1-14(6-8-16(9-7-14)10-11-17)18-13-4-2-12(15)3-5-13/h2-5,17H,6-11H2,1H3. The number of rotatable bonds is 4. The zero-order valence-electron chi connectivity index (χ0n) is 10.7. The Balaban J connectivity index is 1.91. The predicted octanol–water partition coefficient (Wildman–Crippen LogP) is 2.57. The second kappa shape index (κ2) is 5.91. The molecule has 3 nitrogen and oxygen atoms in total. The molecule has 0 radical (unpaired) electrons. The minimum absolute atomic E-state index is 0.111. The minimum Gasteiger partial charge on any atom is -0.487 e. The first kappa shape index (κ1) is 13.7. The highest BCUT2D eigenvalue weighted by molar-refractivity contribution is 6.30. The van der Waals surface area contributed by atoms with Gasteiger partial charge in [0, 0.05) is 24.7 Å². The molecule has 0 aliphatic carbocycles. The summed E-state index contributed by atoms with van der Waals surface area (Å²) in [6.07, 6.45) is 1.96. The maximum atomic E-state index is 8.92. The SMILES string of the molecule is CC1(Oc2ccc(Cl)cc2)CCN(CCO)CC1. The zero-order chi connectivity index (χ0) is 13.0. The average Bonchev–Trinajstić information content (AvgIpc) is 2.36. The molecule has 1 saturated heterocycles. The first-order chi connectivity index (χ1) is 8.61. The van der Waals surface area contributed by atoms with Crippen LogP contribution >= 0.6 is 11.6 Å². The first-order valence-corrected chi connectivity index (χ1v) is 6.77. The Morgan fingerprint density at radius 1 is 1.28 bits per heavy atom. The number of β-amino-alcohol motifs (C(OH)–C–C–N with tert-alkyl or cyclic N) is 1. The van der Waals surface area contributed by atoms with Crippen molar-refractivity contribution in [3.63, 3.8) is 0 Å². The molecule has 1 aliphatic heterocycles. The quantitative estimate of drug-likeness (QED) is 0.912. The van der Waals surface area contributed by atoms with Crippen molar-refractivity contribution in [1.82, 2.24) is 4.90 Å². The molecule has 0 spiro atoms. The highest BCUT2D eigenvalue weighted by atomic mass is 35.5. The molecule has 0 bridgehead atoms. The smallest absolute Gasteiger partial charge is 0.120 e. The summed E-state index contributed by atoms with van der Waals surface area (Å²) in [7, 11) is 0. The van der Waals surface area contributed by atoms with E-state index in [0.717, 1.165) is 43.2 Å². The lowest BCUT2D eigenvalue weighted by Crippen LogP contribution is -2.46. The van der Waals surface area contributed by atoms with E-state index in [2.05, 4.69) is 11.8 Å². The summed E-state index contributed by atoms with van der Waals surface area (Å²) >= 11 is 5.86. The molecule has 1 aromatic rings. The average molecular weight is 270 g/mol. The van der Waals surface area contributed by atoms with Crippen LogP contribution in [0.1, 0.15) is 19.8 Å². The Morgan fingerprint density at radius 2 is 1.89 bits per heavy atom. The number of hydrogen-bond donors (Lipinski definition) is 1. The number of ether oxygens (including phenoxy) is 1. The normalized spacial score (nSPS) is 19.7. The molecule has 18 heavy (non-hydrogen) atoms. The van der Waals surface area contributed by atoms with Crippen LogP contribution in [-0.4, -0.2) is 41.8 Å². The highest BCUT2D eigenvalue weighted by Gasteiger charge is 2.31. The Hall–Kier alpha value is -0.770. The van der Waals surface area contributed by atoms with E-state index >= 15 is 0 Å². The number of nitrogens with zero attached hydrogens (tertiary/aromatic N) is 1. The lowest BCUT2D eigenvalue weighted by Gasteiger charge is -2.39. The van der Waals surface area contributed by atoms with Crippen LogP contribution in [0.5, 0.6) is 5.75 Å². The van der Waals surface area contributed by atoms with Crippen molar-refractivity contribution in [2.75, 3.05) is 26.2 Å². The van der Waals surface area contributed by atoms with Crippen LogP contribution in [0.15, 0.2) is 24.3 Å². The number of aliphatic hydroxyl groups is 1. The molecule has 2 rings (SSSR count). The van der Waals surface area contributed by atoms with Crippen LogP contribution in [0.25, 0.3) is 0 Å². The third-order valence-electron chi connectivity index (χ3n) is 3.51. The topological polar surface area (TPSA) is 32.7 Å². The molecule has 0 aromatic heterocycles. The van der Waals surface area contributed by atoms with E-state index in [0.29, 0.717) is 0 Å². The van der Waals surface area contributed by atoms with Gasteiger partial charge in [-0.25, -0.2) is 0 Å². The van der Waals surface area contributed by atoms with Gasteiger partial charge in [-0.05, 0) is 44.0 Å². The van der Waals surface area contributed by atoms with Gasteiger partial charge < -0.3 is 14.7 Å². The van der Waals surface area contributed by atoms with Crippen LogP contribution in [0.2, 0.25) is 5.02 Å². The largest absolute Gasteiger partial charge is 0.487 e. The molecule has 4 heteroatoms. The number of aliphatic hydroxyl groups excluding tert-OH is 1. The summed E-state index contributed by atoms with van der Waals surface area (Å²) in [5, 5.41) is 9.65. The molecule has 1 aliphatic rings. The van der Waals surface area contributed by atoms with Crippen molar-refractivity contribution in [3.05, 3.63) is 29.3 Å². The number of halogens is 1. The summed E-state index contributed by atoms with van der Waals surface area (Å²) < 4.78 is 6.08. The monoisotopic (exact) mass is 269 g/mol. The summed E-state index contributed by atoms with van der Waals surface area (Å²) in [5.41, 5.74) is -0.111. The van der Waals surface area contributed by atoms with Crippen LogP contribution in [0.3, 0.4) is 0 Å². The Morgan fingerprint density at radius 3 is 2.44 bits per heavy atom. The Bertz CT molecular complexity index is 372. The number of likely N-dealkylation sites (tertiary alicyclic amines) is 1. The van der Waals surface area contributed by atoms with Crippen LogP contribution in [0, 0.1) is 0 Å². The van der Waals surface area contributed by atoms with Crippen molar-refractivity contribution in [3.8, 4) is 5.75 Å². The fourth-order valence-electron chi connectivity index (χ4n) is 2.28. The fraction of sp³-hybridized carbons (Fsp3) is 0.571. The summed E-state index contributed by atoms with van der Waals surface area (Å²) in [4.78, 5) is 2.27. The molecule has 1 heterocycles. The summed E-state index contributed by atoms with van der Waals surface area (Å²) in [5.74, 6) is 0.873. The molecule has 100 valence electrons. The third kappa shape index (κ3) is 3.61. The Kier molecular flexibility index (Phi) is 4.49. The lowest BCUT2D eigenvalue weighted by atomic mass is 9.93.